The van der Waals surface area contributed by atoms with E-state index in [0.717, 1.165) is 0 Å². The van der Waals surface area contributed by atoms with Gasteiger partial charge in [-0.3, -0.25) is 14.9 Å². The molecule has 2 heterocycles. The van der Waals surface area contributed by atoms with Crippen LogP contribution in [0.2, 0.25) is 0 Å². The van der Waals surface area contributed by atoms with Crippen LogP contribution < -0.4 is 21.5 Å². The van der Waals surface area contributed by atoms with Gasteiger partial charge in [0.05, 0.1) is 13.1 Å². The Morgan fingerprint density at radius 2 is 2.10 bits per heavy atom. The number of nitrogens with zero attached hydrogens (tertiary/aromatic N) is 3. The first-order valence-electron chi connectivity index (χ1n) is 6.12. The lowest BCUT2D eigenvalue weighted by Crippen LogP contribution is -2.51. The Labute approximate surface area is 115 Å². The van der Waals surface area contributed by atoms with Crippen molar-refractivity contribution < 1.29 is 14.3 Å². The number of anilines is 2. The number of carbonyl (C=O) groups is 2. The fraction of sp³-hybridized carbons (Fsp3) is 0.455. The molecule has 0 bridgehead atoms. The molecule has 0 saturated carbocycles. The third-order valence-electron chi connectivity index (χ3n) is 2.61. The molecule has 4 N–H and O–H groups in total. The molecule has 108 valence electrons. The summed E-state index contributed by atoms with van der Waals surface area (Å²) in [6.07, 6.45) is 0. The van der Waals surface area contributed by atoms with Gasteiger partial charge in [0, 0.05) is 12.7 Å². The van der Waals surface area contributed by atoms with Gasteiger partial charge in [-0.05, 0) is 6.92 Å². The van der Waals surface area contributed by atoms with Crippen molar-refractivity contribution in [3.05, 3.63) is 11.9 Å². The summed E-state index contributed by atoms with van der Waals surface area (Å²) in [4.78, 5) is 32.7. The molecule has 1 aromatic rings. The average Bonchev–Trinajstić information content (AvgIpc) is 2.43. The lowest BCUT2D eigenvalue weighted by atomic mass is 10.3. The molecule has 2 rings (SSSR count). The zero-order valence-electron chi connectivity index (χ0n) is 11.0. The number of nitrogens with one attached hydrogen (secondary N) is 2. The van der Waals surface area contributed by atoms with Gasteiger partial charge < -0.3 is 15.1 Å². The Hall–Kier alpha value is -2.26. The summed E-state index contributed by atoms with van der Waals surface area (Å²) < 4.78 is 5.25. The number of ether oxygens (including phenoxy) is 1. The maximum atomic E-state index is 11.4. The predicted octanol–water partition coefficient (Wildman–Crippen LogP) is -1.24. The molecule has 9 nitrogen and oxygen atoms in total. The quantitative estimate of drug-likeness (QED) is 0.348. The minimum Gasteiger partial charge on any atom is -0.374 e. The summed E-state index contributed by atoms with van der Waals surface area (Å²) in [5.41, 5.74) is 2.43. The highest BCUT2D eigenvalue weighted by molar-refractivity contribution is 6.02. The number of aromatic nitrogens is 2. The minimum absolute atomic E-state index is 0.0564. The first-order chi connectivity index (χ1) is 9.62. The fourth-order valence-electron chi connectivity index (χ4n) is 1.78. The van der Waals surface area contributed by atoms with Crippen LogP contribution in [0.5, 0.6) is 0 Å². The summed E-state index contributed by atoms with van der Waals surface area (Å²) in [5, 5.41) is 2.23. The molecule has 0 aromatic carbocycles. The number of hydrogen-bond donors (Lipinski definition) is 3. The van der Waals surface area contributed by atoms with Crippen molar-refractivity contribution in [3.8, 4) is 0 Å². The number of rotatable bonds is 5. The van der Waals surface area contributed by atoms with Gasteiger partial charge in [-0.15, -0.1) is 0 Å². The molecule has 1 aliphatic rings. The van der Waals surface area contributed by atoms with Crippen LogP contribution in [-0.2, 0) is 20.9 Å². The highest BCUT2D eigenvalue weighted by atomic mass is 16.5. The Morgan fingerprint density at radius 3 is 2.70 bits per heavy atom. The monoisotopic (exact) mass is 280 g/mol. The van der Waals surface area contributed by atoms with E-state index in [4.69, 9.17) is 10.6 Å². The van der Waals surface area contributed by atoms with Crippen LogP contribution in [0.3, 0.4) is 0 Å². The summed E-state index contributed by atoms with van der Waals surface area (Å²) in [6, 6.07) is 1.57. The highest BCUT2D eigenvalue weighted by Gasteiger charge is 2.24. The third-order valence-corrected chi connectivity index (χ3v) is 2.61. The smallest absolute Gasteiger partial charge is 0.246 e. The largest absolute Gasteiger partial charge is 0.374 e. The molecule has 1 aliphatic heterocycles. The number of carbonyl (C=O) groups excluding carboxylic acids is 2. The van der Waals surface area contributed by atoms with Crippen LogP contribution >= 0.6 is 0 Å². The van der Waals surface area contributed by atoms with Crippen LogP contribution in [0.4, 0.5) is 11.6 Å². The van der Waals surface area contributed by atoms with Gasteiger partial charge in [0.15, 0.2) is 5.82 Å². The van der Waals surface area contributed by atoms with Crippen molar-refractivity contribution in [2.75, 3.05) is 30.0 Å². The predicted molar refractivity (Wildman–Crippen MR) is 70.5 cm³/mol. The maximum absolute atomic E-state index is 11.4. The molecule has 1 aromatic heterocycles. The molecule has 2 amide bonds. The standard InChI is InChI=1S/C11H16N6O3/c1-2-20-6-8-13-7(16-12)3-9(14-8)17-4-10(18)15-11(19)5-17/h3H,2,4-6,12H2,1H3,(H,13,14,16)(H,15,18,19). The second kappa shape index (κ2) is 6.26. The maximum Gasteiger partial charge on any atom is 0.246 e. The van der Waals surface area contributed by atoms with E-state index >= 15 is 0 Å². The number of nitrogens with two attached hydrogens (primary N) is 1. The van der Waals surface area contributed by atoms with Crippen molar-refractivity contribution in [1.29, 1.82) is 0 Å². The SMILES string of the molecule is CCOCc1nc(NN)cc(N2CC(=O)NC(=O)C2)n1. The number of amides is 2. The van der Waals surface area contributed by atoms with Crippen LogP contribution in [0.25, 0.3) is 0 Å². The number of piperazine rings is 1. The Bertz CT molecular complexity index is 505. The van der Waals surface area contributed by atoms with Crippen LogP contribution in [-0.4, -0.2) is 41.5 Å². The molecular formula is C11H16N6O3. The lowest BCUT2D eigenvalue weighted by Gasteiger charge is -2.26. The average molecular weight is 280 g/mol. The topological polar surface area (TPSA) is 122 Å². The second-order valence-corrected chi connectivity index (χ2v) is 4.14. The van der Waals surface area contributed by atoms with Gasteiger partial charge in [-0.1, -0.05) is 0 Å². The molecule has 1 saturated heterocycles. The number of hydrogen-bond acceptors (Lipinski definition) is 8. The van der Waals surface area contributed by atoms with E-state index in [9.17, 15) is 9.59 Å². The van der Waals surface area contributed by atoms with Gasteiger partial charge in [0.25, 0.3) is 0 Å². The van der Waals surface area contributed by atoms with Gasteiger partial charge >= 0.3 is 0 Å². The van der Waals surface area contributed by atoms with Crippen molar-refractivity contribution in [2.45, 2.75) is 13.5 Å². The molecule has 0 spiro atoms. The van der Waals surface area contributed by atoms with E-state index in [0.29, 0.717) is 24.1 Å². The Kier molecular flexibility index (Phi) is 4.43. The molecule has 0 unspecified atom stereocenters. The molecule has 0 atom stereocenters. The number of imide groups is 1. The molecule has 1 fully saturated rings. The Balaban J connectivity index is 2.25. The molecule has 20 heavy (non-hydrogen) atoms. The summed E-state index contributed by atoms with van der Waals surface area (Å²) in [6.45, 7) is 2.73. The van der Waals surface area contributed by atoms with Crippen LogP contribution in [0, 0.1) is 0 Å². The number of hydrazine groups is 1. The van der Waals surface area contributed by atoms with Crippen molar-refractivity contribution >= 4 is 23.5 Å². The zero-order chi connectivity index (χ0) is 14.5. The van der Waals surface area contributed by atoms with Crippen molar-refractivity contribution in [2.24, 2.45) is 5.84 Å². The summed E-state index contributed by atoms with van der Waals surface area (Å²) in [5.74, 6) is 5.89. The minimum atomic E-state index is -0.367. The van der Waals surface area contributed by atoms with Crippen molar-refractivity contribution in [3.63, 3.8) is 0 Å². The summed E-state index contributed by atoms with van der Waals surface area (Å²) >= 11 is 0. The fourth-order valence-corrected chi connectivity index (χ4v) is 1.78. The van der Waals surface area contributed by atoms with E-state index in [1.54, 1.807) is 11.0 Å². The summed E-state index contributed by atoms with van der Waals surface area (Å²) in [7, 11) is 0. The normalized spacial score (nSPS) is 15.2. The van der Waals surface area contributed by atoms with E-state index in [1.165, 1.54) is 0 Å². The number of nitrogen functional groups attached to an aromatic ring is 1. The Morgan fingerprint density at radius 1 is 1.40 bits per heavy atom. The molecular weight excluding hydrogens is 264 g/mol. The third kappa shape index (κ3) is 3.39. The zero-order valence-corrected chi connectivity index (χ0v) is 11.0. The second-order valence-electron chi connectivity index (χ2n) is 4.14. The van der Waals surface area contributed by atoms with Gasteiger partial charge in [0.1, 0.15) is 18.2 Å². The van der Waals surface area contributed by atoms with Crippen molar-refractivity contribution in [1.82, 2.24) is 15.3 Å². The first-order valence-corrected chi connectivity index (χ1v) is 6.12. The van der Waals surface area contributed by atoms with Gasteiger partial charge in [-0.2, -0.15) is 0 Å². The molecule has 0 aliphatic carbocycles. The van der Waals surface area contributed by atoms with E-state index in [1.807, 2.05) is 6.92 Å². The van der Waals surface area contributed by atoms with Gasteiger partial charge in [-0.25, -0.2) is 15.8 Å². The van der Waals surface area contributed by atoms with E-state index in [-0.39, 0.29) is 31.5 Å². The highest BCUT2D eigenvalue weighted by Crippen LogP contribution is 2.16. The van der Waals surface area contributed by atoms with E-state index < -0.39 is 0 Å². The van der Waals surface area contributed by atoms with E-state index in [2.05, 4.69) is 20.7 Å². The first kappa shape index (κ1) is 14.2. The van der Waals surface area contributed by atoms with Crippen LogP contribution in [0.15, 0.2) is 6.07 Å². The van der Waals surface area contributed by atoms with Gasteiger partial charge in [0.2, 0.25) is 11.8 Å². The molecule has 9 heteroatoms. The van der Waals surface area contributed by atoms with Crippen LogP contribution in [0.1, 0.15) is 12.7 Å². The molecule has 0 radical (unpaired) electrons. The lowest BCUT2D eigenvalue weighted by molar-refractivity contribution is -0.130.